The molecule has 4 heteroatoms. The topological polar surface area (TPSA) is 66.2 Å². The van der Waals surface area contributed by atoms with Crippen LogP contribution in [-0.2, 0) is 0 Å². The fraction of sp³-hybridized carbons (Fsp3) is 0. The van der Waals surface area contributed by atoms with Crippen molar-refractivity contribution in [2.45, 2.75) is 0 Å². The van der Waals surface area contributed by atoms with Crippen LogP contribution in [0.2, 0.25) is 0 Å². The van der Waals surface area contributed by atoms with Crippen molar-refractivity contribution in [1.82, 2.24) is 9.97 Å². The first-order valence-corrected chi connectivity index (χ1v) is 7.65. The van der Waals surface area contributed by atoms with E-state index < -0.39 is 0 Å². The van der Waals surface area contributed by atoms with Gasteiger partial charge in [0.2, 0.25) is 0 Å². The molecule has 24 heavy (non-hydrogen) atoms. The maximum atomic E-state index is 10.2. The summed E-state index contributed by atoms with van der Waals surface area (Å²) in [6, 6.07) is 19.0. The van der Waals surface area contributed by atoms with Crippen LogP contribution in [0.1, 0.15) is 0 Å². The summed E-state index contributed by atoms with van der Waals surface area (Å²) in [5, 5.41) is 23.4. The van der Waals surface area contributed by atoms with E-state index in [9.17, 15) is 10.2 Å². The Hall–Kier alpha value is -3.40. The van der Waals surface area contributed by atoms with Crippen molar-refractivity contribution < 1.29 is 10.2 Å². The summed E-state index contributed by atoms with van der Waals surface area (Å²) in [4.78, 5) is 9.32. The van der Waals surface area contributed by atoms with E-state index in [2.05, 4.69) is 11.1 Å². The van der Waals surface area contributed by atoms with Crippen LogP contribution in [0.3, 0.4) is 0 Å². The van der Waals surface area contributed by atoms with Gasteiger partial charge in [0.05, 0.1) is 22.1 Å². The minimum absolute atomic E-state index is 0.146. The van der Waals surface area contributed by atoms with E-state index in [1.54, 1.807) is 6.07 Å². The molecule has 4 nitrogen and oxygen atoms in total. The monoisotopic (exact) mass is 312 g/mol. The quantitative estimate of drug-likeness (QED) is 0.251. The number of hydrogen-bond donors (Lipinski definition) is 2. The van der Waals surface area contributed by atoms with E-state index in [1.165, 1.54) is 6.07 Å². The van der Waals surface area contributed by atoms with Crippen molar-refractivity contribution in [1.29, 1.82) is 0 Å². The van der Waals surface area contributed by atoms with Gasteiger partial charge in [-0.2, -0.15) is 0 Å². The Kier molecular flexibility index (Phi) is 2.48. The second-order valence-electron chi connectivity index (χ2n) is 5.87. The van der Waals surface area contributed by atoms with Crippen molar-refractivity contribution in [2.24, 2.45) is 0 Å². The fourth-order valence-corrected chi connectivity index (χ4v) is 3.21. The van der Waals surface area contributed by atoms with Gasteiger partial charge in [-0.15, -0.1) is 0 Å². The second kappa shape index (κ2) is 4.55. The highest BCUT2D eigenvalue weighted by Crippen LogP contribution is 2.36. The van der Waals surface area contributed by atoms with Crippen molar-refractivity contribution in [3.8, 4) is 11.5 Å². The number of hydrogen-bond acceptors (Lipinski definition) is 4. The molecule has 0 atom stereocenters. The molecular formula is C20H12N2O2. The maximum Gasteiger partial charge on any atom is 0.167 e. The molecular weight excluding hydrogens is 300 g/mol. The number of phenols is 2. The molecule has 5 aromatic rings. The Morgan fingerprint density at radius 1 is 0.583 bits per heavy atom. The highest BCUT2D eigenvalue weighted by atomic mass is 16.3. The zero-order valence-electron chi connectivity index (χ0n) is 12.6. The summed E-state index contributed by atoms with van der Waals surface area (Å²) >= 11 is 0. The summed E-state index contributed by atoms with van der Waals surface area (Å²) in [5.74, 6) is -0.292. The maximum absolute atomic E-state index is 10.2. The van der Waals surface area contributed by atoms with Gasteiger partial charge in [-0.05, 0) is 42.5 Å². The molecule has 0 aliphatic heterocycles. The Bertz CT molecular complexity index is 1280. The van der Waals surface area contributed by atoms with Crippen molar-refractivity contribution >= 4 is 43.6 Å². The van der Waals surface area contributed by atoms with Crippen LogP contribution in [-0.4, -0.2) is 20.2 Å². The zero-order chi connectivity index (χ0) is 16.3. The van der Waals surface area contributed by atoms with Gasteiger partial charge < -0.3 is 10.2 Å². The third-order valence-corrected chi connectivity index (χ3v) is 4.42. The molecule has 2 aromatic heterocycles. The number of pyridine rings is 2. The van der Waals surface area contributed by atoms with E-state index in [1.807, 2.05) is 42.5 Å². The first kappa shape index (κ1) is 13.1. The average molecular weight is 312 g/mol. The molecule has 0 spiro atoms. The molecule has 0 bridgehead atoms. The molecule has 5 rings (SSSR count). The molecule has 2 heterocycles. The SMILES string of the molecule is Oc1ccc2nc3ccc4nc5ccccc5cc4c3cc2c1O. The van der Waals surface area contributed by atoms with Gasteiger partial charge in [0.15, 0.2) is 11.5 Å². The minimum atomic E-state index is -0.146. The van der Waals surface area contributed by atoms with Crippen LogP contribution < -0.4 is 0 Å². The van der Waals surface area contributed by atoms with Crippen molar-refractivity contribution in [2.75, 3.05) is 0 Å². The van der Waals surface area contributed by atoms with E-state index in [4.69, 9.17) is 4.98 Å². The number of fused-ring (bicyclic) bond motifs is 5. The van der Waals surface area contributed by atoms with Crippen molar-refractivity contribution in [3.63, 3.8) is 0 Å². The molecule has 3 aromatic carbocycles. The summed E-state index contributed by atoms with van der Waals surface area (Å²) in [7, 11) is 0. The first-order valence-electron chi connectivity index (χ1n) is 7.65. The van der Waals surface area contributed by atoms with Gasteiger partial charge in [0.25, 0.3) is 0 Å². The third-order valence-electron chi connectivity index (χ3n) is 4.42. The van der Waals surface area contributed by atoms with Gasteiger partial charge in [-0.3, -0.25) is 0 Å². The summed E-state index contributed by atoms with van der Waals surface area (Å²) < 4.78 is 0. The van der Waals surface area contributed by atoms with E-state index in [0.29, 0.717) is 10.9 Å². The molecule has 0 saturated heterocycles. The molecule has 0 fully saturated rings. The standard InChI is InChI=1S/C20H12N2O2/c23-19-8-7-18-14(20(19)24)10-13-12-9-11-3-1-2-4-15(11)21-16(12)5-6-17(13)22-18/h1-10,23-24H. The molecule has 0 aliphatic rings. The largest absolute Gasteiger partial charge is 0.504 e. The fourth-order valence-electron chi connectivity index (χ4n) is 3.21. The molecule has 2 N–H and O–H groups in total. The lowest BCUT2D eigenvalue weighted by molar-refractivity contribution is 0.408. The zero-order valence-corrected chi connectivity index (χ0v) is 12.6. The van der Waals surface area contributed by atoms with Gasteiger partial charge in [-0.1, -0.05) is 18.2 Å². The van der Waals surface area contributed by atoms with Crippen LogP contribution in [0.15, 0.2) is 60.7 Å². The Balaban J connectivity index is 1.99. The molecule has 0 aliphatic carbocycles. The number of para-hydroxylation sites is 1. The van der Waals surface area contributed by atoms with Crippen LogP contribution in [0.5, 0.6) is 11.5 Å². The number of benzene rings is 3. The Labute approximate surface area is 136 Å². The van der Waals surface area contributed by atoms with Gasteiger partial charge in [0.1, 0.15) is 0 Å². The average Bonchev–Trinajstić information content (AvgIpc) is 2.62. The normalized spacial score (nSPS) is 11.7. The van der Waals surface area contributed by atoms with Crippen LogP contribution in [0.4, 0.5) is 0 Å². The van der Waals surface area contributed by atoms with E-state index >= 15 is 0 Å². The molecule has 0 saturated carbocycles. The van der Waals surface area contributed by atoms with Crippen LogP contribution in [0, 0.1) is 0 Å². The van der Waals surface area contributed by atoms with Gasteiger partial charge in [0, 0.05) is 21.5 Å². The van der Waals surface area contributed by atoms with Gasteiger partial charge in [-0.25, -0.2) is 9.97 Å². The number of phenolic OH excluding ortho intramolecular Hbond substituents is 2. The molecule has 0 radical (unpaired) electrons. The molecule has 0 amide bonds. The predicted octanol–water partition coefficient (Wildman–Crippen LogP) is 4.50. The number of aromatic hydroxyl groups is 2. The lowest BCUT2D eigenvalue weighted by atomic mass is 10.0. The number of aromatic nitrogens is 2. The highest BCUT2D eigenvalue weighted by Gasteiger charge is 2.11. The minimum Gasteiger partial charge on any atom is -0.504 e. The summed E-state index contributed by atoms with van der Waals surface area (Å²) in [6.07, 6.45) is 0. The Morgan fingerprint density at radius 3 is 2.04 bits per heavy atom. The number of nitrogens with zero attached hydrogens (tertiary/aromatic N) is 2. The van der Waals surface area contributed by atoms with E-state index in [-0.39, 0.29) is 11.5 Å². The highest BCUT2D eigenvalue weighted by molar-refractivity contribution is 6.12. The first-order chi connectivity index (χ1) is 11.7. The molecule has 0 unspecified atom stereocenters. The lowest BCUT2D eigenvalue weighted by Crippen LogP contribution is -1.87. The summed E-state index contributed by atoms with van der Waals surface area (Å²) in [6.45, 7) is 0. The van der Waals surface area contributed by atoms with Crippen LogP contribution >= 0.6 is 0 Å². The van der Waals surface area contributed by atoms with Crippen LogP contribution in [0.25, 0.3) is 43.6 Å². The lowest BCUT2D eigenvalue weighted by Gasteiger charge is -2.08. The summed E-state index contributed by atoms with van der Waals surface area (Å²) in [5.41, 5.74) is 3.30. The number of rotatable bonds is 0. The Morgan fingerprint density at radius 2 is 1.21 bits per heavy atom. The second-order valence-corrected chi connectivity index (χ2v) is 5.87. The van der Waals surface area contributed by atoms with Gasteiger partial charge >= 0.3 is 0 Å². The van der Waals surface area contributed by atoms with Crippen molar-refractivity contribution in [3.05, 3.63) is 60.7 Å². The smallest absolute Gasteiger partial charge is 0.167 e. The third kappa shape index (κ3) is 1.74. The predicted molar refractivity (Wildman–Crippen MR) is 95.4 cm³/mol. The molecule has 114 valence electrons. The van der Waals surface area contributed by atoms with E-state index in [0.717, 1.165) is 32.7 Å².